The van der Waals surface area contributed by atoms with Gasteiger partial charge in [-0.3, -0.25) is 19.2 Å². The zero-order valence-electron chi connectivity index (χ0n) is 25.9. The molecule has 2 heterocycles. The average Bonchev–Trinajstić information content (AvgIpc) is 3.37. The largest absolute Gasteiger partial charge is 0.343 e. The van der Waals surface area contributed by atoms with Crippen molar-refractivity contribution < 1.29 is 23.6 Å². The molecule has 0 spiro atoms. The fraction of sp³-hybridized carbons (Fsp3) is 0.529. The number of hydrogen-bond donors (Lipinski definition) is 2. The number of piperazine rings is 1. The van der Waals surface area contributed by atoms with Crippen LogP contribution in [0, 0.1) is 18.7 Å². The van der Waals surface area contributed by atoms with Gasteiger partial charge in [-0.15, -0.1) is 0 Å². The van der Waals surface area contributed by atoms with Gasteiger partial charge in [-0.2, -0.15) is 0 Å². The maximum absolute atomic E-state index is 14.4. The predicted molar refractivity (Wildman–Crippen MR) is 165 cm³/mol. The van der Waals surface area contributed by atoms with E-state index in [-0.39, 0.29) is 48.5 Å². The first-order chi connectivity index (χ1) is 21.2. The molecule has 3 aliphatic rings. The van der Waals surface area contributed by atoms with E-state index < -0.39 is 24.3 Å². The van der Waals surface area contributed by atoms with Crippen LogP contribution in [0.3, 0.4) is 0 Å². The zero-order valence-corrected chi connectivity index (χ0v) is 25.9. The standard InChI is InChI=1S/C34H44FN5O4/c1-22-9-11-25(12-10-22)19-28-33(43)38(18-17-24-13-15-27(35)16-14-24)20-29-39(21-30(41)40(28)29)34(44)31(26-7-5-4-6-8-26)37-32(42)23(2)36-3/h9-16,23,26,28-29,31,36H,4-8,17-21H2,1-3H3,(H,37,42)/t23?,28-,29+,31-/m0/s1. The second kappa shape index (κ2) is 13.9. The molecule has 4 atom stereocenters. The molecule has 0 bridgehead atoms. The molecule has 1 aliphatic carbocycles. The van der Waals surface area contributed by atoms with Crippen LogP contribution in [0.2, 0.25) is 0 Å². The van der Waals surface area contributed by atoms with Crippen molar-refractivity contribution in [2.75, 3.05) is 26.7 Å². The zero-order chi connectivity index (χ0) is 31.4. The molecule has 0 aromatic heterocycles. The number of fused-ring (bicyclic) bond motifs is 1. The van der Waals surface area contributed by atoms with Gasteiger partial charge in [0, 0.05) is 13.0 Å². The quantitative estimate of drug-likeness (QED) is 0.434. The highest BCUT2D eigenvalue weighted by atomic mass is 19.1. The Morgan fingerprint density at radius 2 is 1.64 bits per heavy atom. The summed E-state index contributed by atoms with van der Waals surface area (Å²) in [6.45, 7) is 4.17. The molecule has 2 aliphatic heterocycles. The van der Waals surface area contributed by atoms with Crippen molar-refractivity contribution in [1.82, 2.24) is 25.3 Å². The molecule has 2 N–H and O–H groups in total. The Morgan fingerprint density at radius 1 is 0.977 bits per heavy atom. The molecule has 10 heteroatoms. The third-order valence-corrected chi connectivity index (χ3v) is 9.52. The second-order valence-corrected chi connectivity index (χ2v) is 12.5. The van der Waals surface area contributed by atoms with Gasteiger partial charge in [-0.25, -0.2) is 4.39 Å². The Bertz CT molecular complexity index is 1340. The van der Waals surface area contributed by atoms with Gasteiger partial charge in [0.05, 0.1) is 12.6 Å². The number of benzene rings is 2. The van der Waals surface area contributed by atoms with Crippen molar-refractivity contribution in [2.45, 2.75) is 83.1 Å². The Balaban J connectivity index is 1.43. The van der Waals surface area contributed by atoms with Gasteiger partial charge in [0.1, 0.15) is 30.6 Å². The van der Waals surface area contributed by atoms with Gasteiger partial charge in [-0.1, -0.05) is 61.2 Å². The van der Waals surface area contributed by atoms with E-state index in [2.05, 4.69) is 10.6 Å². The highest BCUT2D eigenvalue weighted by Gasteiger charge is 2.52. The summed E-state index contributed by atoms with van der Waals surface area (Å²) in [5.41, 5.74) is 2.92. The van der Waals surface area contributed by atoms with E-state index in [0.29, 0.717) is 19.4 Å². The van der Waals surface area contributed by atoms with Crippen molar-refractivity contribution >= 4 is 23.6 Å². The molecule has 1 unspecified atom stereocenters. The maximum atomic E-state index is 14.4. The first-order valence-electron chi connectivity index (χ1n) is 15.8. The van der Waals surface area contributed by atoms with E-state index >= 15 is 0 Å². The van der Waals surface area contributed by atoms with Crippen LogP contribution in [0.25, 0.3) is 0 Å². The number of halogens is 1. The van der Waals surface area contributed by atoms with Gasteiger partial charge < -0.3 is 25.3 Å². The topological polar surface area (TPSA) is 102 Å². The third kappa shape index (κ3) is 6.96. The fourth-order valence-corrected chi connectivity index (χ4v) is 6.75. The minimum absolute atomic E-state index is 0.0171. The van der Waals surface area contributed by atoms with Crippen molar-refractivity contribution in [3.8, 4) is 0 Å². The summed E-state index contributed by atoms with van der Waals surface area (Å²) in [6, 6.07) is 12.1. The van der Waals surface area contributed by atoms with Crippen molar-refractivity contribution in [3.63, 3.8) is 0 Å². The SMILES string of the molecule is CNC(C)C(=O)N[C@H](C(=O)N1CC(=O)N2[C@@H]1CN(CCc1ccc(F)cc1)C(=O)[C@@H]2Cc1ccc(C)cc1)C1CCCCC1. The summed E-state index contributed by atoms with van der Waals surface area (Å²) in [7, 11) is 1.70. The molecule has 5 rings (SSSR count). The van der Waals surface area contributed by atoms with E-state index in [1.54, 1.807) is 40.8 Å². The minimum Gasteiger partial charge on any atom is -0.343 e. The fourth-order valence-electron chi connectivity index (χ4n) is 6.75. The molecule has 236 valence electrons. The highest BCUT2D eigenvalue weighted by Crippen LogP contribution is 2.32. The number of likely N-dealkylation sites (N-methyl/N-ethyl adjacent to an activating group) is 1. The molecule has 3 fully saturated rings. The lowest BCUT2D eigenvalue weighted by Gasteiger charge is -2.45. The number of nitrogens with zero attached hydrogens (tertiary/aromatic N) is 3. The normalized spacial score (nSPS) is 22.1. The third-order valence-electron chi connectivity index (χ3n) is 9.52. The van der Waals surface area contributed by atoms with Crippen LogP contribution in [-0.2, 0) is 32.0 Å². The van der Waals surface area contributed by atoms with E-state index in [9.17, 15) is 23.6 Å². The Hall–Kier alpha value is -3.79. The molecule has 0 radical (unpaired) electrons. The number of carbonyl (C=O) groups is 4. The van der Waals surface area contributed by atoms with Crippen LogP contribution in [0.15, 0.2) is 48.5 Å². The van der Waals surface area contributed by atoms with E-state index in [1.165, 1.54) is 12.1 Å². The monoisotopic (exact) mass is 605 g/mol. The lowest BCUT2D eigenvalue weighted by Crippen LogP contribution is -2.66. The van der Waals surface area contributed by atoms with Gasteiger partial charge >= 0.3 is 0 Å². The molecule has 2 aromatic carbocycles. The highest BCUT2D eigenvalue weighted by molar-refractivity contribution is 5.97. The predicted octanol–water partition coefficient (Wildman–Crippen LogP) is 2.80. The lowest BCUT2D eigenvalue weighted by molar-refractivity contribution is -0.156. The minimum atomic E-state index is -0.762. The van der Waals surface area contributed by atoms with Gasteiger partial charge in [0.15, 0.2) is 0 Å². The average molecular weight is 606 g/mol. The van der Waals surface area contributed by atoms with Gasteiger partial charge in [0.25, 0.3) is 0 Å². The van der Waals surface area contributed by atoms with Crippen LogP contribution in [-0.4, -0.2) is 89.3 Å². The summed E-state index contributed by atoms with van der Waals surface area (Å²) < 4.78 is 13.5. The van der Waals surface area contributed by atoms with E-state index in [0.717, 1.165) is 48.8 Å². The number of rotatable bonds is 10. The number of aryl methyl sites for hydroxylation is 1. The Kier molecular flexibility index (Phi) is 9.98. The summed E-state index contributed by atoms with van der Waals surface area (Å²) >= 11 is 0. The maximum Gasteiger partial charge on any atom is 0.247 e. The number of amides is 4. The lowest BCUT2D eigenvalue weighted by atomic mass is 9.83. The van der Waals surface area contributed by atoms with E-state index in [1.807, 2.05) is 31.2 Å². The van der Waals surface area contributed by atoms with Gasteiger partial charge in [0.2, 0.25) is 23.6 Å². The van der Waals surface area contributed by atoms with Crippen LogP contribution in [0.4, 0.5) is 4.39 Å². The first-order valence-corrected chi connectivity index (χ1v) is 15.8. The van der Waals surface area contributed by atoms with Crippen LogP contribution in [0.5, 0.6) is 0 Å². The van der Waals surface area contributed by atoms with Crippen LogP contribution in [0.1, 0.15) is 55.7 Å². The Labute approximate surface area is 259 Å². The molecule has 4 amide bonds. The van der Waals surface area contributed by atoms with Crippen LogP contribution >= 0.6 is 0 Å². The summed E-state index contributed by atoms with van der Waals surface area (Å²) in [4.78, 5) is 59.9. The summed E-state index contributed by atoms with van der Waals surface area (Å²) in [5.74, 6) is -1.28. The molecule has 9 nitrogen and oxygen atoms in total. The molecule has 44 heavy (non-hydrogen) atoms. The smallest absolute Gasteiger partial charge is 0.247 e. The first kappa shape index (κ1) is 31.6. The molecule has 2 aromatic rings. The number of carbonyl (C=O) groups excluding carboxylic acids is 4. The van der Waals surface area contributed by atoms with Crippen molar-refractivity contribution in [3.05, 3.63) is 71.0 Å². The van der Waals surface area contributed by atoms with Gasteiger partial charge in [-0.05, 0) is 69.3 Å². The molecule has 2 saturated heterocycles. The Morgan fingerprint density at radius 3 is 2.30 bits per heavy atom. The number of nitrogens with one attached hydrogen (secondary N) is 2. The van der Waals surface area contributed by atoms with Crippen molar-refractivity contribution in [2.24, 2.45) is 5.92 Å². The number of hydrogen-bond acceptors (Lipinski definition) is 5. The molecular formula is C34H44FN5O4. The van der Waals surface area contributed by atoms with Crippen molar-refractivity contribution in [1.29, 1.82) is 0 Å². The molecular weight excluding hydrogens is 561 g/mol. The summed E-state index contributed by atoms with van der Waals surface area (Å²) in [5, 5.41) is 5.96. The van der Waals surface area contributed by atoms with E-state index in [4.69, 9.17) is 0 Å². The molecule has 1 saturated carbocycles. The van der Waals surface area contributed by atoms with Crippen LogP contribution < -0.4 is 10.6 Å². The second-order valence-electron chi connectivity index (χ2n) is 12.5. The summed E-state index contributed by atoms with van der Waals surface area (Å²) in [6.07, 6.45) is 4.96.